The van der Waals surface area contributed by atoms with Crippen molar-refractivity contribution in [2.45, 2.75) is 23.9 Å². The van der Waals surface area contributed by atoms with Gasteiger partial charge in [0, 0.05) is 25.0 Å². The molecule has 0 aliphatic carbocycles. The predicted molar refractivity (Wildman–Crippen MR) is 184 cm³/mol. The number of nitrogens with zero attached hydrogens (tertiary/aromatic N) is 2. The van der Waals surface area contributed by atoms with Crippen molar-refractivity contribution < 1.29 is 22.7 Å². The molecule has 0 saturated heterocycles. The number of hydrogen-bond donors (Lipinski definition) is 1. The van der Waals surface area contributed by atoms with Crippen LogP contribution in [-0.4, -0.2) is 44.8 Å². The average molecular weight is 668 g/mol. The zero-order chi connectivity index (χ0) is 33.2. The van der Waals surface area contributed by atoms with Gasteiger partial charge in [-0.2, -0.15) is 0 Å². The highest BCUT2D eigenvalue weighted by Crippen LogP contribution is 2.29. The summed E-state index contributed by atoms with van der Waals surface area (Å²) in [4.78, 5) is 29.3. The minimum absolute atomic E-state index is 0.0220. The van der Waals surface area contributed by atoms with E-state index in [-0.39, 0.29) is 29.5 Å². The number of carbonyl (C=O) groups excluding carboxylic acids is 2. The van der Waals surface area contributed by atoms with Gasteiger partial charge in [0.15, 0.2) is 0 Å². The molecule has 0 spiro atoms. The van der Waals surface area contributed by atoms with Crippen LogP contribution in [0.2, 0.25) is 5.02 Å². The first-order valence-corrected chi connectivity index (χ1v) is 16.8. The normalized spacial score (nSPS) is 11.7. The maximum Gasteiger partial charge on any atom is 0.264 e. The van der Waals surface area contributed by atoms with Crippen LogP contribution < -0.4 is 14.4 Å². The molecule has 5 aromatic rings. The summed E-state index contributed by atoms with van der Waals surface area (Å²) in [5.41, 5.74) is 1.83. The molecule has 0 unspecified atom stereocenters. The lowest BCUT2D eigenvalue weighted by molar-refractivity contribution is -0.139. The fourth-order valence-electron chi connectivity index (χ4n) is 5.06. The number of anilines is 1. The molecule has 0 aliphatic rings. The van der Waals surface area contributed by atoms with Crippen LogP contribution in [0.4, 0.5) is 5.69 Å². The molecule has 1 atom stereocenters. The van der Waals surface area contributed by atoms with E-state index in [0.717, 1.165) is 15.4 Å². The van der Waals surface area contributed by atoms with Crippen molar-refractivity contribution in [3.05, 3.63) is 156 Å². The number of carbonyl (C=O) groups is 2. The van der Waals surface area contributed by atoms with Crippen molar-refractivity contribution >= 4 is 39.1 Å². The van der Waals surface area contributed by atoms with E-state index in [9.17, 15) is 18.0 Å². The topological polar surface area (TPSA) is 96.0 Å². The summed E-state index contributed by atoms with van der Waals surface area (Å²) in [6, 6.07) is 39.0. The van der Waals surface area contributed by atoms with E-state index in [4.69, 9.17) is 16.3 Å². The van der Waals surface area contributed by atoms with E-state index in [1.165, 1.54) is 24.1 Å². The molecule has 2 amide bonds. The number of benzene rings is 5. The third kappa shape index (κ3) is 8.58. The van der Waals surface area contributed by atoms with E-state index >= 15 is 0 Å². The zero-order valence-electron chi connectivity index (χ0n) is 25.7. The maximum atomic E-state index is 14.4. The van der Waals surface area contributed by atoms with Crippen LogP contribution in [-0.2, 0) is 32.6 Å². The largest absolute Gasteiger partial charge is 0.457 e. The third-order valence-corrected chi connectivity index (χ3v) is 9.54. The average Bonchev–Trinajstić information content (AvgIpc) is 3.10. The van der Waals surface area contributed by atoms with Crippen molar-refractivity contribution in [2.75, 3.05) is 17.9 Å². The van der Waals surface area contributed by atoms with Gasteiger partial charge in [0.25, 0.3) is 10.0 Å². The van der Waals surface area contributed by atoms with Gasteiger partial charge in [-0.3, -0.25) is 13.9 Å². The van der Waals surface area contributed by atoms with Crippen molar-refractivity contribution in [3.8, 4) is 11.5 Å². The van der Waals surface area contributed by atoms with Crippen LogP contribution >= 0.6 is 11.6 Å². The minimum Gasteiger partial charge on any atom is -0.457 e. The third-order valence-electron chi connectivity index (χ3n) is 7.50. The van der Waals surface area contributed by atoms with Gasteiger partial charge in [0.1, 0.15) is 24.1 Å². The molecule has 0 fully saturated rings. The fraction of sp³-hybridized carbons (Fsp3) is 0.135. The van der Waals surface area contributed by atoms with Gasteiger partial charge < -0.3 is 15.0 Å². The Labute approximate surface area is 280 Å². The molecule has 10 heteroatoms. The first-order chi connectivity index (χ1) is 22.7. The molecular weight excluding hydrogens is 634 g/mol. The lowest BCUT2D eigenvalue weighted by Crippen LogP contribution is -2.53. The lowest BCUT2D eigenvalue weighted by Gasteiger charge is -2.33. The summed E-state index contributed by atoms with van der Waals surface area (Å²) in [6.07, 6.45) is 0.219. The highest BCUT2D eigenvalue weighted by atomic mass is 35.5. The fourth-order valence-corrected chi connectivity index (χ4v) is 6.62. The van der Waals surface area contributed by atoms with Crippen LogP contribution in [0.5, 0.6) is 11.5 Å². The summed E-state index contributed by atoms with van der Waals surface area (Å²) >= 11 is 6.13. The van der Waals surface area contributed by atoms with Crippen LogP contribution in [0, 0.1) is 0 Å². The SMILES string of the molecule is CNC(=O)[C@@H](Cc1ccccc1)N(Cc1ccc(Cl)cc1)C(=O)CN(c1ccc(Oc2ccccc2)cc1)S(=O)(=O)c1ccccc1. The number of sulfonamides is 1. The van der Waals surface area contributed by atoms with Gasteiger partial charge in [0.05, 0.1) is 10.6 Å². The van der Waals surface area contributed by atoms with E-state index in [1.54, 1.807) is 66.7 Å². The Kier molecular flexibility index (Phi) is 10.9. The van der Waals surface area contributed by atoms with Crippen LogP contribution in [0.3, 0.4) is 0 Å². The Morgan fingerprint density at radius 1 is 0.723 bits per heavy atom. The maximum absolute atomic E-state index is 14.4. The molecule has 47 heavy (non-hydrogen) atoms. The van der Waals surface area contributed by atoms with Gasteiger partial charge in [0.2, 0.25) is 11.8 Å². The quantitative estimate of drug-likeness (QED) is 0.151. The number of likely N-dealkylation sites (N-methyl/N-ethyl adjacent to an activating group) is 1. The second-order valence-corrected chi connectivity index (χ2v) is 13.0. The van der Waals surface area contributed by atoms with Crippen LogP contribution in [0.15, 0.2) is 144 Å². The van der Waals surface area contributed by atoms with E-state index in [0.29, 0.717) is 16.5 Å². The van der Waals surface area contributed by atoms with Crippen LogP contribution in [0.25, 0.3) is 0 Å². The summed E-state index contributed by atoms with van der Waals surface area (Å²) in [6.45, 7) is -0.518. The van der Waals surface area contributed by atoms with Gasteiger partial charge in [-0.25, -0.2) is 8.42 Å². The van der Waals surface area contributed by atoms with Gasteiger partial charge in [-0.05, 0) is 71.8 Å². The summed E-state index contributed by atoms with van der Waals surface area (Å²) in [5, 5.41) is 3.21. The molecule has 0 saturated carbocycles. The van der Waals surface area contributed by atoms with Crippen LogP contribution in [0.1, 0.15) is 11.1 Å². The molecule has 0 aromatic heterocycles. The van der Waals surface area contributed by atoms with Gasteiger partial charge in [-0.15, -0.1) is 0 Å². The summed E-state index contributed by atoms with van der Waals surface area (Å²) in [7, 11) is -2.71. The lowest BCUT2D eigenvalue weighted by atomic mass is 10.0. The second kappa shape index (κ2) is 15.4. The minimum atomic E-state index is -4.22. The first kappa shape index (κ1) is 33.2. The summed E-state index contributed by atoms with van der Waals surface area (Å²) in [5.74, 6) is 0.181. The predicted octanol–water partition coefficient (Wildman–Crippen LogP) is 6.71. The number of amides is 2. The van der Waals surface area contributed by atoms with Crippen molar-refractivity contribution in [2.24, 2.45) is 0 Å². The molecule has 0 bridgehead atoms. The number of halogens is 1. The Morgan fingerprint density at radius 2 is 1.28 bits per heavy atom. The highest BCUT2D eigenvalue weighted by Gasteiger charge is 2.34. The number of para-hydroxylation sites is 1. The van der Waals surface area contributed by atoms with Gasteiger partial charge >= 0.3 is 0 Å². The van der Waals surface area contributed by atoms with Crippen molar-refractivity contribution in [1.82, 2.24) is 10.2 Å². The monoisotopic (exact) mass is 667 g/mol. The molecule has 240 valence electrons. The molecule has 0 radical (unpaired) electrons. The van der Waals surface area contributed by atoms with Crippen molar-refractivity contribution in [1.29, 1.82) is 0 Å². The Bertz CT molecular complexity index is 1870. The van der Waals surface area contributed by atoms with E-state index < -0.39 is 28.5 Å². The van der Waals surface area contributed by atoms with Crippen molar-refractivity contribution in [3.63, 3.8) is 0 Å². The number of ether oxygens (including phenoxy) is 1. The molecule has 5 rings (SSSR count). The molecule has 8 nitrogen and oxygen atoms in total. The second-order valence-electron chi connectivity index (χ2n) is 10.7. The molecule has 5 aromatic carbocycles. The Morgan fingerprint density at radius 3 is 1.87 bits per heavy atom. The number of nitrogens with one attached hydrogen (secondary N) is 1. The zero-order valence-corrected chi connectivity index (χ0v) is 27.3. The highest BCUT2D eigenvalue weighted by molar-refractivity contribution is 7.92. The molecule has 0 aliphatic heterocycles. The number of hydrogen-bond acceptors (Lipinski definition) is 5. The molecule has 0 heterocycles. The molecular formula is C37H34ClN3O5S. The Balaban J connectivity index is 1.53. The number of rotatable bonds is 13. The standard InChI is InChI=1S/C37H34ClN3O5S/c1-39-37(43)35(25-28-11-5-2-6-12-28)40(26-29-17-19-30(38)20-18-29)36(42)27-41(47(44,45)34-15-9-4-10-16-34)31-21-23-33(24-22-31)46-32-13-7-3-8-14-32/h2-24,35H,25-27H2,1H3,(H,39,43)/t35-/m1/s1. The molecule has 1 N–H and O–H groups in total. The smallest absolute Gasteiger partial charge is 0.264 e. The van der Waals surface area contributed by atoms with Gasteiger partial charge in [-0.1, -0.05) is 90.5 Å². The van der Waals surface area contributed by atoms with E-state index in [1.807, 2.05) is 60.7 Å². The first-order valence-electron chi connectivity index (χ1n) is 14.9. The summed E-state index contributed by atoms with van der Waals surface area (Å²) < 4.78 is 35.3. The van der Waals surface area contributed by atoms with E-state index in [2.05, 4.69) is 5.32 Å². The Hall–Kier alpha value is -5.12.